The van der Waals surface area contributed by atoms with E-state index in [1.165, 1.54) is 11.1 Å². The second-order valence-corrected chi connectivity index (χ2v) is 7.11. The van der Waals surface area contributed by atoms with Crippen molar-refractivity contribution in [2.24, 2.45) is 0 Å². The van der Waals surface area contributed by atoms with Crippen LogP contribution in [0.3, 0.4) is 0 Å². The fourth-order valence-corrected chi connectivity index (χ4v) is 3.96. The fraction of sp³-hybridized carbons (Fsp3) is 0.400. The van der Waals surface area contributed by atoms with Gasteiger partial charge in [0.1, 0.15) is 11.6 Å². The smallest absolute Gasteiger partial charge is 0.255 e. The predicted octanol–water partition coefficient (Wildman–Crippen LogP) is 2.78. The largest absolute Gasteiger partial charge is 0.496 e. The zero-order chi connectivity index (χ0) is 18.8. The van der Waals surface area contributed by atoms with E-state index in [9.17, 15) is 4.79 Å². The zero-order valence-corrected chi connectivity index (χ0v) is 16.0. The van der Waals surface area contributed by atoms with Crippen molar-refractivity contribution in [1.29, 1.82) is 0 Å². The first-order chi connectivity index (χ1) is 13.2. The van der Waals surface area contributed by atoms with Crippen molar-refractivity contribution >= 4 is 23.3 Å². The van der Waals surface area contributed by atoms with E-state index in [1.807, 2.05) is 12.1 Å². The number of carbonyl (C=O) groups is 1. The van der Waals surface area contributed by atoms with Gasteiger partial charge in [-0.1, -0.05) is 23.7 Å². The number of anilines is 1. The summed E-state index contributed by atoms with van der Waals surface area (Å²) >= 11 is 6.51. The molecule has 142 valence electrons. The number of amides is 1. The number of benzene rings is 1. The number of pyridine rings is 1. The molecule has 0 unspecified atom stereocenters. The molecule has 7 heteroatoms. The number of morpholine rings is 1. The summed E-state index contributed by atoms with van der Waals surface area (Å²) in [5.74, 6) is 1.59. The summed E-state index contributed by atoms with van der Waals surface area (Å²) in [4.78, 5) is 21.1. The Labute approximate surface area is 163 Å². The van der Waals surface area contributed by atoms with E-state index < -0.39 is 0 Å². The van der Waals surface area contributed by atoms with E-state index in [0.29, 0.717) is 42.7 Å². The Morgan fingerprint density at radius 1 is 1.26 bits per heavy atom. The number of hydrogen-bond donors (Lipinski definition) is 0. The second kappa shape index (κ2) is 7.74. The summed E-state index contributed by atoms with van der Waals surface area (Å²) in [6.45, 7) is 3.86. The van der Waals surface area contributed by atoms with Gasteiger partial charge in [-0.2, -0.15) is 0 Å². The molecule has 1 amide bonds. The molecule has 0 aliphatic carbocycles. The molecule has 4 rings (SSSR count). The Morgan fingerprint density at radius 3 is 2.81 bits per heavy atom. The second-order valence-electron chi connectivity index (χ2n) is 6.70. The van der Waals surface area contributed by atoms with Gasteiger partial charge in [0.05, 0.1) is 30.9 Å². The van der Waals surface area contributed by atoms with Gasteiger partial charge in [-0.05, 0) is 24.1 Å². The van der Waals surface area contributed by atoms with Crippen molar-refractivity contribution in [3.63, 3.8) is 0 Å². The van der Waals surface area contributed by atoms with E-state index in [2.05, 4.69) is 16.0 Å². The molecule has 0 atom stereocenters. The molecule has 27 heavy (non-hydrogen) atoms. The van der Waals surface area contributed by atoms with E-state index in [1.54, 1.807) is 24.3 Å². The molecule has 0 spiro atoms. The molecule has 0 radical (unpaired) electrons. The molecular formula is C20H22ClN3O3. The lowest BCUT2D eigenvalue weighted by Gasteiger charge is -2.31. The quantitative estimate of drug-likeness (QED) is 0.810. The maximum Gasteiger partial charge on any atom is 0.255 e. The zero-order valence-electron chi connectivity index (χ0n) is 15.3. The fourth-order valence-electron chi connectivity index (χ4n) is 3.68. The average molecular weight is 388 g/mol. The van der Waals surface area contributed by atoms with Gasteiger partial charge in [0.25, 0.3) is 5.91 Å². The van der Waals surface area contributed by atoms with E-state index in [-0.39, 0.29) is 5.91 Å². The van der Waals surface area contributed by atoms with Gasteiger partial charge in [0.2, 0.25) is 0 Å². The summed E-state index contributed by atoms with van der Waals surface area (Å²) < 4.78 is 10.8. The van der Waals surface area contributed by atoms with Crippen LogP contribution in [-0.4, -0.2) is 55.7 Å². The Morgan fingerprint density at radius 2 is 2.07 bits per heavy atom. The van der Waals surface area contributed by atoms with Crippen LogP contribution in [0.4, 0.5) is 5.82 Å². The standard InChI is InChI=1S/C20H22ClN3O3/c1-26-18-4-2-3-14-13-24(6-5-16(14)18)19-17(21)11-15(12-22-19)20(25)23-7-9-27-10-8-23/h2-4,11-12H,5-10,13H2,1H3. The van der Waals surface area contributed by atoms with Gasteiger partial charge in [-0.25, -0.2) is 4.98 Å². The van der Waals surface area contributed by atoms with Crippen molar-refractivity contribution < 1.29 is 14.3 Å². The minimum atomic E-state index is -0.0482. The molecule has 2 aliphatic rings. The summed E-state index contributed by atoms with van der Waals surface area (Å²) in [5.41, 5.74) is 2.98. The Balaban J connectivity index is 1.54. The third-order valence-corrected chi connectivity index (χ3v) is 5.39. The first-order valence-corrected chi connectivity index (χ1v) is 9.47. The minimum absolute atomic E-state index is 0.0482. The number of methoxy groups -OCH3 is 1. The van der Waals surface area contributed by atoms with Crippen LogP contribution >= 0.6 is 11.6 Å². The maximum atomic E-state index is 12.6. The summed E-state index contributed by atoms with van der Waals surface area (Å²) in [5, 5.41) is 0.500. The highest BCUT2D eigenvalue weighted by Crippen LogP contribution is 2.32. The number of ether oxygens (including phenoxy) is 2. The van der Waals surface area contributed by atoms with Crippen LogP contribution < -0.4 is 9.64 Å². The van der Waals surface area contributed by atoms with Gasteiger partial charge in [0, 0.05) is 37.9 Å². The van der Waals surface area contributed by atoms with Crippen molar-refractivity contribution in [2.75, 3.05) is 44.9 Å². The van der Waals surface area contributed by atoms with Crippen LogP contribution in [0, 0.1) is 0 Å². The molecule has 2 aliphatic heterocycles. The number of aromatic nitrogens is 1. The molecule has 0 N–H and O–H groups in total. The van der Waals surface area contributed by atoms with Crippen LogP contribution in [0.15, 0.2) is 30.5 Å². The number of rotatable bonds is 3. The Kier molecular flexibility index (Phi) is 5.18. The lowest BCUT2D eigenvalue weighted by molar-refractivity contribution is 0.0302. The summed E-state index contributed by atoms with van der Waals surface area (Å²) in [6, 6.07) is 7.82. The van der Waals surface area contributed by atoms with E-state index in [0.717, 1.165) is 25.3 Å². The van der Waals surface area contributed by atoms with Crippen molar-refractivity contribution in [1.82, 2.24) is 9.88 Å². The molecule has 6 nitrogen and oxygen atoms in total. The van der Waals surface area contributed by atoms with E-state index in [4.69, 9.17) is 21.1 Å². The molecule has 3 heterocycles. The molecule has 1 saturated heterocycles. The van der Waals surface area contributed by atoms with Gasteiger partial charge in [0.15, 0.2) is 0 Å². The van der Waals surface area contributed by atoms with Crippen molar-refractivity contribution in [3.8, 4) is 5.75 Å². The normalized spacial score (nSPS) is 16.8. The summed E-state index contributed by atoms with van der Waals surface area (Å²) in [7, 11) is 1.70. The highest BCUT2D eigenvalue weighted by molar-refractivity contribution is 6.33. The maximum absolute atomic E-state index is 12.6. The molecular weight excluding hydrogens is 366 g/mol. The average Bonchev–Trinajstić information content (AvgIpc) is 2.73. The predicted molar refractivity (Wildman–Crippen MR) is 104 cm³/mol. The van der Waals surface area contributed by atoms with Crippen LogP contribution in [0.25, 0.3) is 0 Å². The van der Waals surface area contributed by atoms with Crippen LogP contribution in [0.1, 0.15) is 21.5 Å². The van der Waals surface area contributed by atoms with Gasteiger partial charge < -0.3 is 19.3 Å². The first kappa shape index (κ1) is 18.1. The highest BCUT2D eigenvalue weighted by atomic mass is 35.5. The van der Waals surface area contributed by atoms with Gasteiger partial charge in [-0.3, -0.25) is 4.79 Å². The minimum Gasteiger partial charge on any atom is -0.496 e. The lowest BCUT2D eigenvalue weighted by atomic mass is 9.98. The lowest BCUT2D eigenvalue weighted by Crippen LogP contribution is -2.40. The van der Waals surface area contributed by atoms with Crippen LogP contribution in [0.2, 0.25) is 5.02 Å². The molecule has 2 aromatic rings. The number of fused-ring (bicyclic) bond motifs is 1. The van der Waals surface area contributed by atoms with Crippen molar-refractivity contribution in [2.45, 2.75) is 13.0 Å². The molecule has 1 fully saturated rings. The number of carbonyl (C=O) groups excluding carboxylic acids is 1. The highest BCUT2D eigenvalue weighted by Gasteiger charge is 2.24. The number of nitrogens with zero attached hydrogens (tertiary/aromatic N) is 3. The Hall–Kier alpha value is -2.31. The number of hydrogen-bond acceptors (Lipinski definition) is 5. The van der Waals surface area contributed by atoms with Crippen LogP contribution in [0.5, 0.6) is 5.75 Å². The van der Waals surface area contributed by atoms with Crippen molar-refractivity contribution in [3.05, 3.63) is 52.2 Å². The number of halogens is 1. The third kappa shape index (κ3) is 3.59. The molecule has 0 saturated carbocycles. The molecule has 1 aromatic carbocycles. The monoisotopic (exact) mass is 387 g/mol. The van der Waals surface area contributed by atoms with E-state index >= 15 is 0 Å². The SMILES string of the molecule is COc1cccc2c1CCN(c1ncc(C(=O)N3CCOCC3)cc1Cl)C2. The topological polar surface area (TPSA) is 54.9 Å². The summed E-state index contributed by atoms with van der Waals surface area (Å²) in [6.07, 6.45) is 2.49. The molecule has 0 bridgehead atoms. The molecule has 1 aromatic heterocycles. The Bertz CT molecular complexity index is 852. The third-order valence-electron chi connectivity index (χ3n) is 5.11. The van der Waals surface area contributed by atoms with Crippen LogP contribution in [-0.2, 0) is 17.7 Å². The van der Waals surface area contributed by atoms with Gasteiger partial charge in [-0.15, -0.1) is 0 Å². The van der Waals surface area contributed by atoms with Gasteiger partial charge >= 0.3 is 0 Å². The first-order valence-electron chi connectivity index (χ1n) is 9.09.